The van der Waals surface area contributed by atoms with E-state index in [0.29, 0.717) is 12.3 Å². The van der Waals surface area contributed by atoms with Crippen molar-refractivity contribution < 1.29 is 0 Å². The van der Waals surface area contributed by atoms with E-state index in [1.54, 1.807) is 0 Å². The van der Waals surface area contributed by atoms with Gasteiger partial charge >= 0.3 is 0 Å². The van der Waals surface area contributed by atoms with E-state index in [1.165, 1.54) is 16.5 Å². The molecule has 3 nitrogen and oxygen atoms in total. The topological polar surface area (TPSA) is 40.8 Å². The lowest BCUT2D eigenvalue weighted by Gasteiger charge is -2.06. The number of aromatic nitrogens is 1. The fourth-order valence-electron chi connectivity index (χ4n) is 2.47. The lowest BCUT2D eigenvalue weighted by atomic mass is 10.1. The first-order valence-electron chi connectivity index (χ1n) is 7.36. The average Bonchev–Trinajstić information content (AvgIpc) is 2.78. The van der Waals surface area contributed by atoms with E-state index >= 15 is 0 Å². The van der Waals surface area contributed by atoms with Crippen LogP contribution in [0.5, 0.6) is 0 Å². The Morgan fingerprint density at radius 3 is 2.85 bits per heavy atom. The maximum atomic E-state index is 8.66. The highest BCUT2D eigenvalue weighted by Crippen LogP contribution is 2.21. The Balaban J connectivity index is 2.15. The van der Waals surface area contributed by atoms with Gasteiger partial charge in [0.25, 0.3) is 0 Å². The zero-order chi connectivity index (χ0) is 14.4. The number of aryl methyl sites for hydroxylation is 1. The number of nitriles is 1. The van der Waals surface area contributed by atoms with Crippen LogP contribution in [0.4, 0.5) is 0 Å². The van der Waals surface area contributed by atoms with Crippen LogP contribution < -0.4 is 5.32 Å². The van der Waals surface area contributed by atoms with Gasteiger partial charge in [-0.05, 0) is 30.5 Å². The summed E-state index contributed by atoms with van der Waals surface area (Å²) >= 11 is 0. The molecule has 1 N–H and O–H groups in total. The summed E-state index contributed by atoms with van der Waals surface area (Å²) in [4.78, 5) is 0. The largest absolute Gasteiger partial charge is 0.347 e. The van der Waals surface area contributed by atoms with Crippen LogP contribution in [-0.4, -0.2) is 11.1 Å². The van der Waals surface area contributed by atoms with Gasteiger partial charge in [-0.3, -0.25) is 0 Å². The molecule has 2 rings (SSSR count). The molecule has 0 fully saturated rings. The van der Waals surface area contributed by atoms with Crippen LogP contribution in [0.2, 0.25) is 0 Å². The van der Waals surface area contributed by atoms with E-state index in [4.69, 9.17) is 5.26 Å². The molecule has 0 amide bonds. The fourth-order valence-corrected chi connectivity index (χ4v) is 2.47. The van der Waals surface area contributed by atoms with Crippen LogP contribution in [0.3, 0.4) is 0 Å². The molecule has 0 radical (unpaired) electrons. The highest BCUT2D eigenvalue weighted by molar-refractivity contribution is 5.83. The highest BCUT2D eigenvalue weighted by Gasteiger charge is 2.07. The molecule has 3 heteroatoms. The Morgan fingerprint density at radius 1 is 1.30 bits per heavy atom. The molecule has 0 saturated carbocycles. The van der Waals surface area contributed by atoms with Gasteiger partial charge in [-0.2, -0.15) is 5.26 Å². The molecule has 0 saturated heterocycles. The van der Waals surface area contributed by atoms with Gasteiger partial charge in [0.1, 0.15) is 0 Å². The predicted molar refractivity (Wildman–Crippen MR) is 83.3 cm³/mol. The molecule has 1 aromatic heterocycles. The zero-order valence-corrected chi connectivity index (χ0v) is 12.4. The van der Waals surface area contributed by atoms with E-state index in [-0.39, 0.29) is 0 Å². The second-order valence-electron chi connectivity index (χ2n) is 5.65. The summed E-state index contributed by atoms with van der Waals surface area (Å²) in [6.07, 6.45) is 3.76. The molecule has 0 aliphatic rings. The third-order valence-electron chi connectivity index (χ3n) is 3.43. The van der Waals surface area contributed by atoms with Gasteiger partial charge in [0.05, 0.1) is 6.07 Å². The smallest absolute Gasteiger partial charge is 0.0622 e. The zero-order valence-electron chi connectivity index (χ0n) is 12.4. The van der Waals surface area contributed by atoms with Gasteiger partial charge in [-0.1, -0.05) is 32.0 Å². The summed E-state index contributed by atoms with van der Waals surface area (Å²) in [5.74, 6) is 0.666. The van der Waals surface area contributed by atoms with Crippen molar-refractivity contribution in [2.75, 3.05) is 6.54 Å². The van der Waals surface area contributed by atoms with Crippen LogP contribution in [0.1, 0.15) is 32.3 Å². The monoisotopic (exact) mass is 269 g/mol. The van der Waals surface area contributed by atoms with Crippen molar-refractivity contribution in [1.29, 1.82) is 5.26 Å². The molecule has 0 atom stereocenters. The minimum atomic E-state index is 0.618. The first-order valence-corrected chi connectivity index (χ1v) is 7.36. The van der Waals surface area contributed by atoms with Crippen molar-refractivity contribution in [1.82, 2.24) is 9.88 Å². The number of para-hydroxylation sites is 1. The Bertz CT molecular complexity index is 590. The summed E-state index contributed by atoms with van der Waals surface area (Å²) in [7, 11) is 0. The van der Waals surface area contributed by atoms with Crippen LogP contribution in [0.15, 0.2) is 30.5 Å². The van der Waals surface area contributed by atoms with Gasteiger partial charge in [-0.15, -0.1) is 0 Å². The van der Waals surface area contributed by atoms with Crippen molar-refractivity contribution in [3.63, 3.8) is 0 Å². The van der Waals surface area contributed by atoms with Crippen LogP contribution >= 0.6 is 0 Å². The Hall–Kier alpha value is -1.79. The second kappa shape index (κ2) is 7.12. The van der Waals surface area contributed by atoms with Crippen molar-refractivity contribution in [3.05, 3.63) is 36.0 Å². The Kier molecular flexibility index (Phi) is 5.20. The van der Waals surface area contributed by atoms with Crippen molar-refractivity contribution in [3.8, 4) is 6.07 Å². The highest BCUT2D eigenvalue weighted by atomic mass is 15.0. The maximum Gasteiger partial charge on any atom is 0.0622 e. The molecule has 1 heterocycles. The van der Waals surface area contributed by atoms with E-state index < -0.39 is 0 Å². The van der Waals surface area contributed by atoms with Gasteiger partial charge in [-0.25, -0.2) is 0 Å². The van der Waals surface area contributed by atoms with Gasteiger partial charge < -0.3 is 9.88 Å². The number of unbranched alkanes of at least 4 members (excludes halogenated alkanes) is 1. The summed E-state index contributed by atoms with van der Waals surface area (Å²) < 4.78 is 2.28. The number of nitrogens with one attached hydrogen (secondary N) is 1. The standard InChI is InChI=1S/C17H23N3/c1-14(2)11-19-12-15-13-20(10-6-5-9-18)17-8-4-3-7-16(15)17/h3-4,7-8,13-14,19H,5-6,10-12H2,1-2H3. The summed E-state index contributed by atoms with van der Waals surface area (Å²) in [6.45, 7) is 7.30. The van der Waals surface area contributed by atoms with E-state index in [0.717, 1.165) is 26.1 Å². The molecule has 2 aromatic rings. The van der Waals surface area contributed by atoms with Gasteiger partial charge in [0, 0.05) is 36.6 Å². The first kappa shape index (κ1) is 14.6. The number of rotatable bonds is 7. The van der Waals surface area contributed by atoms with Crippen molar-refractivity contribution >= 4 is 10.9 Å². The molecular weight excluding hydrogens is 246 g/mol. The third kappa shape index (κ3) is 3.61. The molecule has 1 aromatic carbocycles. The predicted octanol–water partition coefficient (Wildman–Crippen LogP) is 3.69. The van der Waals surface area contributed by atoms with Crippen molar-refractivity contribution in [2.24, 2.45) is 5.92 Å². The molecule has 0 bridgehead atoms. The maximum absolute atomic E-state index is 8.66. The fraction of sp³-hybridized carbons (Fsp3) is 0.471. The Morgan fingerprint density at radius 2 is 2.10 bits per heavy atom. The molecule has 106 valence electrons. The lowest BCUT2D eigenvalue weighted by molar-refractivity contribution is 0.552. The van der Waals surface area contributed by atoms with Crippen LogP contribution in [0, 0.1) is 17.2 Å². The molecule has 0 spiro atoms. The first-order chi connectivity index (χ1) is 9.72. The van der Waals surface area contributed by atoms with E-state index in [1.807, 2.05) is 0 Å². The van der Waals surface area contributed by atoms with Crippen LogP contribution in [0.25, 0.3) is 10.9 Å². The molecule has 20 heavy (non-hydrogen) atoms. The number of benzene rings is 1. The van der Waals surface area contributed by atoms with Crippen molar-refractivity contribution in [2.45, 2.75) is 39.8 Å². The summed E-state index contributed by atoms with van der Waals surface area (Å²) in [6, 6.07) is 10.7. The minimum absolute atomic E-state index is 0.618. The molecular formula is C17H23N3. The minimum Gasteiger partial charge on any atom is -0.347 e. The van der Waals surface area contributed by atoms with Gasteiger partial charge in [0.2, 0.25) is 0 Å². The quantitative estimate of drug-likeness (QED) is 0.779. The number of nitrogens with zero attached hydrogens (tertiary/aromatic N) is 2. The lowest BCUT2D eigenvalue weighted by Crippen LogP contribution is -2.18. The van der Waals surface area contributed by atoms with E-state index in [2.05, 4.69) is 60.3 Å². The van der Waals surface area contributed by atoms with Gasteiger partial charge in [0.15, 0.2) is 0 Å². The number of hydrogen-bond donors (Lipinski definition) is 1. The summed E-state index contributed by atoms with van der Waals surface area (Å²) in [5.41, 5.74) is 2.62. The summed E-state index contributed by atoms with van der Waals surface area (Å²) in [5, 5.41) is 13.5. The Labute approximate surface area is 121 Å². The molecule has 0 aliphatic carbocycles. The normalized spacial score (nSPS) is 11.1. The number of fused-ring (bicyclic) bond motifs is 1. The third-order valence-corrected chi connectivity index (χ3v) is 3.43. The van der Waals surface area contributed by atoms with Crippen LogP contribution in [-0.2, 0) is 13.1 Å². The molecule has 0 aliphatic heterocycles. The SMILES string of the molecule is CC(C)CNCc1cn(CCCC#N)c2ccccc12. The average molecular weight is 269 g/mol. The van der Waals surface area contributed by atoms with E-state index in [9.17, 15) is 0 Å². The number of hydrogen-bond acceptors (Lipinski definition) is 2. The second-order valence-corrected chi connectivity index (χ2v) is 5.65. The molecule has 0 unspecified atom stereocenters.